The van der Waals surface area contributed by atoms with Gasteiger partial charge in [-0.25, -0.2) is 0 Å². The summed E-state index contributed by atoms with van der Waals surface area (Å²) < 4.78 is 10.9. The van der Waals surface area contributed by atoms with Crippen LogP contribution in [0.3, 0.4) is 0 Å². The molecule has 1 aromatic carbocycles. The maximum Gasteiger partial charge on any atom is 0.134 e. The molecule has 0 fully saturated rings. The quantitative estimate of drug-likeness (QED) is 0.877. The maximum absolute atomic E-state index is 5.47. The Bertz CT molecular complexity index is 524. The van der Waals surface area contributed by atoms with Crippen molar-refractivity contribution in [1.82, 2.24) is 5.32 Å². The van der Waals surface area contributed by atoms with Crippen molar-refractivity contribution >= 4 is 11.3 Å². The van der Waals surface area contributed by atoms with Crippen LogP contribution in [0.4, 0.5) is 0 Å². The second kappa shape index (κ2) is 6.59. The number of nitrogens with one attached hydrogen (secondary N) is 1. The normalized spacial score (nSPS) is 12.2. The van der Waals surface area contributed by atoms with Crippen LogP contribution in [-0.4, -0.2) is 20.8 Å². The largest absolute Gasteiger partial charge is 0.496 e. The van der Waals surface area contributed by atoms with Gasteiger partial charge in [-0.2, -0.15) is 0 Å². The summed E-state index contributed by atoms with van der Waals surface area (Å²) in [5.74, 6) is 1.81. The molecule has 19 heavy (non-hydrogen) atoms. The van der Waals surface area contributed by atoms with Gasteiger partial charge >= 0.3 is 0 Å². The highest BCUT2D eigenvalue weighted by Gasteiger charge is 2.21. The Balaban J connectivity index is 2.45. The number of benzene rings is 1. The van der Waals surface area contributed by atoms with E-state index in [1.807, 2.05) is 29.6 Å². The fourth-order valence-electron chi connectivity index (χ4n) is 2.14. The monoisotopic (exact) mass is 277 g/mol. The molecule has 0 spiro atoms. The molecule has 4 heteroatoms. The first kappa shape index (κ1) is 13.9. The van der Waals surface area contributed by atoms with Gasteiger partial charge < -0.3 is 14.8 Å². The average molecular weight is 277 g/mol. The van der Waals surface area contributed by atoms with Gasteiger partial charge in [0.2, 0.25) is 0 Å². The topological polar surface area (TPSA) is 30.5 Å². The Morgan fingerprint density at radius 2 is 1.84 bits per heavy atom. The predicted octanol–water partition coefficient (Wildman–Crippen LogP) is 3.46. The Hall–Kier alpha value is -1.52. The summed E-state index contributed by atoms with van der Waals surface area (Å²) in [6, 6.07) is 10.2. The van der Waals surface area contributed by atoms with Gasteiger partial charge in [-0.05, 0) is 24.1 Å². The van der Waals surface area contributed by atoms with E-state index in [1.165, 1.54) is 4.88 Å². The zero-order valence-corrected chi connectivity index (χ0v) is 12.3. The van der Waals surface area contributed by atoms with Crippen molar-refractivity contribution in [2.24, 2.45) is 0 Å². The molecule has 0 saturated carbocycles. The van der Waals surface area contributed by atoms with Gasteiger partial charge in [0.05, 0.1) is 25.1 Å². The number of rotatable bonds is 6. The van der Waals surface area contributed by atoms with E-state index in [0.29, 0.717) is 0 Å². The summed E-state index contributed by atoms with van der Waals surface area (Å²) in [7, 11) is 3.41. The minimum Gasteiger partial charge on any atom is -0.496 e. The molecule has 0 saturated heterocycles. The molecule has 2 aromatic rings. The van der Waals surface area contributed by atoms with E-state index in [1.54, 1.807) is 25.6 Å². The van der Waals surface area contributed by atoms with Crippen LogP contribution in [0.1, 0.15) is 23.4 Å². The number of para-hydroxylation sites is 1. The van der Waals surface area contributed by atoms with Gasteiger partial charge in [-0.3, -0.25) is 0 Å². The molecular weight excluding hydrogens is 258 g/mol. The summed E-state index contributed by atoms with van der Waals surface area (Å²) in [4.78, 5) is 1.17. The van der Waals surface area contributed by atoms with Crippen molar-refractivity contribution < 1.29 is 9.47 Å². The minimum atomic E-state index is 0.0936. The average Bonchev–Trinajstić information content (AvgIpc) is 2.93. The molecule has 0 aliphatic carbocycles. The molecule has 1 heterocycles. The Labute approximate surface area is 118 Å². The van der Waals surface area contributed by atoms with Gasteiger partial charge in [0.15, 0.2) is 0 Å². The van der Waals surface area contributed by atoms with Crippen molar-refractivity contribution in [2.45, 2.75) is 13.0 Å². The Morgan fingerprint density at radius 1 is 1.11 bits per heavy atom. The molecule has 0 amide bonds. The van der Waals surface area contributed by atoms with Crippen LogP contribution in [0.15, 0.2) is 35.7 Å². The molecule has 1 atom stereocenters. The second-order valence-electron chi connectivity index (χ2n) is 4.09. The van der Waals surface area contributed by atoms with Gasteiger partial charge in [0.1, 0.15) is 11.5 Å². The van der Waals surface area contributed by atoms with E-state index in [-0.39, 0.29) is 6.04 Å². The van der Waals surface area contributed by atoms with Crippen LogP contribution >= 0.6 is 11.3 Å². The molecular formula is C15H19NO2S. The van der Waals surface area contributed by atoms with Crippen molar-refractivity contribution in [3.63, 3.8) is 0 Å². The molecule has 0 aliphatic heterocycles. The predicted molar refractivity (Wildman–Crippen MR) is 79.4 cm³/mol. The fourth-order valence-corrected chi connectivity index (χ4v) is 3.09. The lowest BCUT2D eigenvalue weighted by atomic mass is 10.0. The maximum atomic E-state index is 5.47. The standard InChI is InChI=1S/C15H19NO2S/c1-4-16-14(15-13(18-3)9-10-19-15)11-7-5-6-8-12(11)17-2/h5-10,14,16H,4H2,1-3H3. The minimum absolute atomic E-state index is 0.0936. The van der Waals surface area contributed by atoms with Gasteiger partial charge in [-0.1, -0.05) is 25.1 Å². The Morgan fingerprint density at radius 3 is 2.53 bits per heavy atom. The highest BCUT2D eigenvalue weighted by Crippen LogP contribution is 2.37. The fraction of sp³-hybridized carbons (Fsp3) is 0.333. The van der Waals surface area contributed by atoms with Gasteiger partial charge in [-0.15, -0.1) is 11.3 Å². The molecule has 0 radical (unpaired) electrons. The second-order valence-corrected chi connectivity index (χ2v) is 5.03. The van der Waals surface area contributed by atoms with Crippen molar-refractivity contribution in [3.05, 3.63) is 46.2 Å². The molecule has 1 unspecified atom stereocenters. The number of hydrogen-bond acceptors (Lipinski definition) is 4. The van der Waals surface area contributed by atoms with Crippen LogP contribution in [0.25, 0.3) is 0 Å². The first-order chi connectivity index (χ1) is 9.31. The van der Waals surface area contributed by atoms with Crippen molar-refractivity contribution in [3.8, 4) is 11.5 Å². The van der Waals surface area contributed by atoms with E-state index >= 15 is 0 Å². The third kappa shape index (κ3) is 2.91. The SMILES string of the molecule is CCNC(c1ccccc1OC)c1sccc1OC. The Kier molecular flexibility index (Phi) is 4.82. The molecule has 1 N–H and O–H groups in total. The van der Waals surface area contributed by atoms with Crippen LogP contribution in [-0.2, 0) is 0 Å². The van der Waals surface area contributed by atoms with E-state index < -0.39 is 0 Å². The molecule has 0 bridgehead atoms. The van der Waals surface area contributed by atoms with Crippen LogP contribution in [0.5, 0.6) is 11.5 Å². The zero-order valence-electron chi connectivity index (χ0n) is 11.5. The first-order valence-corrected chi connectivity index (χ1v) is 7.17. The van der Waals surface area contributed by atoms with E-state index in [9.17, 15) is 0 Å². The summed E-state index contributed by atoms with van der Waals surface area (Å²) in [5, 5.41) is 5.55. The highest BCUT2D eigenvalue weighted by atomic mass is 32.1. The van der Waals surface area contributed by atoms with Crippen molar-refractivity contribution in [2.75, 3.05) is 20.8 Å². The number of methoxy groups -OCH3 is 2. The van der Waals surface area contributed by atoms with Crippen molar-refractivity contribution in [1.29, 1.82) is 0 Å². The molecule has 2 rings (SSSR count). The molecule has 3 nitrogen and oxygen atoms in total. The lowest BCUT2D eigenvalue weighted by Crippen LogP contribution is -2.22. The number of ether oxygens (including phenoxy) is 2. The van der Waals surface area contributed by atoms with Gasteiger partial charge in [0.25, 0.3) is 0 Å². The molecule has 1 aromatic heterocycles. The van der Waals surface area contributed by atoms with Gasteiger partial charge in [0, 0.05) is 5.56 Å². The summed E-state index contributed by atoms with van der Waals surface area (Å²) in [6.07, 6.45) is 0. The van der Waals surface area contributed by atoms with Crippen LogP contribution in [0.2, 0.25) is 0 Å². The number of hydrogen-bond donors (Lipinski definition) is 1. The van der Waals surface area contributed by atoms with E-state index in [2.05, 4.69) is 18.3 Å². The first-order valence-electron chi connectivity index (χ1n) is 6.29. The zero-order chi connectivity index (χ0) is 13.7. The van der Waals surface area contributed by atoms with E-state index in [0.717, 1.165) is 23.6 Å². The number of thiophene rings is 1. The molecule has 0 aliphatic rings. The summed E-state index contributed by atoms with van der Waals surface area (Å²) in [6.45, 7) is 2.98. The highest BCUT2D eigenvalue weighted by molar-refractivity contribution is 7.10. The smallest absolute Gasteiger partial charge is 0.134 e. The van der Waals surface area contributed by atoms with Crippen LogP contribution < -0.4 is 14.8 Å². The summed E-state index contributed by atoms with van der Waals surface area (Å²) >= 11 is 1.69. The third-order valence-corrected chi connectivity index (χ3v) is 3.96. The van der Waals surface area contributed by atoms with Crippen LogP contribution in [0, 0.1) is 0 Å². The third-order valence-electron chi connectivity index (χ3n) is 3.00. The molecule has 102 valence electrons. The lowest BCUT2D eigenvalue weighted by molar-refractivity contribution is 0.397. The summed E-state index contributed by atoms with van der Waals surface area (Å²) in [5.41, 5.74) is 1.13. The lowest BCUT2D eigenvalue weighted by Gasteiger charge is -2.20. The van der Waals surface area contributed by atoms with E-state index in [4.69, 9.17) is 9.47 Å².